The molecule has 2 bridgehead atoms. The standard InChI is InChI=1S/C10H19N2O2.BrH/c1-2-14-10(13)9-12-6-3-11(4-7-12)5-8-12;/h2-9H2,1H3;1H/q+1;/p-1. The van der Waals surface area contributed by atoms with Gasteiger partial charge in [0.1, 0.15) is 0 Å². The van der Waals surface area contributed by atoms with Gasteiger partial charge in [-0.1, -0.05) is 0 Å². The number of esters is 1. The van der Waals surface area contributed by atoms with E-state index >= 15 is 0 Å². The summed E-state index contributed by atoms with van der Waals surface area (Å²) in [6.45, 7) is 9.79. The summed E-state index contributed by atoms with van der Waals surface area (Å²) >= 11 is 0. The third kappa shape index (κ3) is 2.92. The van der Waals surface area contributed by atoms with Gasteiger partial charge in [-0.05, 0) is 6.92 Å². The zero-order chi connectivity index (χ0) is 10.0. The van der Waals surface area contributed by atoms with Crippen molar-refractivity contribution in [1.82, 2.24) is 4.90 Å². The Morgan fingerprint density at radius 1 is 1.27 bits per heavy atom. The van der Waals surface area contributed by atoms with Gasteiger partial charge in [0.15, 0.2) is 6.54 Å². The molecule has 0 amide bonds. The maximum absolute atomic E-state index is 11.4. The SMILES string of the molecule is CCOC(=O)C[N+]12CCN(CC1)CC2.[Br-]. The Bertz CT molecular complexity index is 214. The fourth-order valence-corrected chi connectivity index (χ4v) is 2.45. The van der Waals surface area contributed by atoms with Gasteiger partial charge < -0.3 is 26.2 Å². The Hall–Kier alpha value is -0.130. The topological polar surface area (TPSA) is 29.5 Å². The number of rotatable bonds is 3. The van der Waals surface area contributed by atoms with Crippen molar-refractivity contribution in [3.05, 3.63) is 0 Å². The molecule has 4 nitrogen and oxygen atoms in total. The van der Waals surface area contributed by atoms with E-state index in [0.717, 1.165) is 43.8 Å². The van der Waals surface area contributed by atoms with Gasteiger partial charge in [0.25, 0.3) is 0 Å². The monoisotopic (exact) mass is 278 g/mol. The summed E-state index contributed by atoms with van der Waals surface area (Å²) in [6.07, 6.45) is 0. The molecule has 0 radical (unpaired) electrons. The Balaban J connectivity index is 0.00000112. The molecule has 3 aliphatic rings. The van der Waals surface area contributed by atoms with Gasteiger partial charge in [-0.15, -0.1) is 0 Å². The predicted octanol–water partition coefficient (Wildman–Crippen LogP) is -3.30. The summed E-state index contributed by atoms with van der Waals surface area (Å²) in [5, 5.41) is 0. The first-order valence-corrected chi connectivity index (χ1v) is 5.47. The van der Waals surface area contributed by atoms with Crippen LogP contribution in [0, 0.1) is 0 Å². The number of carbonyl (C=O) groups is 1. The molecule has 0 atom stereocenters. The van der Waals surface area contributed by atoms with Gasteiger partial charge in [-0.3, -0.25) is 4.90 Å². The summed E-state index contributed by atoms with van der Waals surface area (Å²) in [7, 11) is 0. The van der Waals surface area contributed by atoms with E-state index in [9.17, 15) is 4.79 Å². The fraction of sp³-hybridized carbons (Fsp3) is 0.900. The van der Waals surface area contributed by atoms with Crippen LogP contribution in [0.25, 0.3) is 0 Å². The van der Waals surface area contributed by atoms with E-state index in [2.05, 4.69) is 4.90 Å². The number of fused-ring (bicyclic) bond motifs is 3. The number of piperazine rings is 3. The van der Waals surface area contributed by atoms with Gasteiger partial charge >= 0.3 is 5.97 Å². The molecule has 0 saturated carbocycles. The van der Waals surface area contributed by atoms with E-state index in [0.29, 0.717) is 13.2 Å². The zero-order valence-electron chi connectivity index (χ0n) is 9.25. The first-order chi connectivity index (χ1) is 6.74. The summed E-state index contributed by atoms with van der Waals surface area (Å²) < 4.78 is 5.99. The van der Waals surface area contributed by atoms with E-state index < -0.39 is 0 Å². The Labute approximate surface area is 102 Å². The number of hydrogen-bond acceptors (Lipinski definition) is 3. The van der Waals surface area contributed by atoms with Crippen LogP contribution in [-0.4, -0.2) is 67.8 Å². The quantitative estimate of drug-likeness (QED) is 0.400. The van der Waals surface area contributed by atoms with Crippen molar-refractivity contribution in [1.29, 1.82) is 0 Å². The maximum Gasteiger partial charge on any atom is 0.361 e. The van der Waals surface area contributed by atoms with Crippen molar-refractivity contribution >= 4 is 5.97 Å². The lowest BCUT2D eigenvalue weighted by Crippen LogP contribution is -3.00. The maximum atomic E-state index is 11.4. The molecule has 0 aromatic rings. The largest absolute Gasteiger partial charge is 1.00 e. The molecule has 3 fully saturated rings. The Morgan fingerprint density at radius 3 is 2.27 bits per heavy atom. The van der Waals surface area contributed by atoms with E-state index in [4.69, 9.17) is 4.74 Å². The molecule has 0 unspecified atom stereocenters. The van der Waals surface area contributed by atoms with Crippen LogP contribution in [0.5, 0.6) is 0 Å². The first kappa shape index (κ1) is 12.9. The fourth-order valence-electron chi connectivity index (χ4n) is 2.45. The molecule has 3 rings (SSSR count). The van der Waals surface area contributed by atoms with Crippen molar-refractivity contribution in [2.75, 3.05) is 52.4 Å². The molecule has 3 saturated heterocycles. The van der Waals surface area contributed by atoms with Crippen LogP contribution in [0.1, 0.15) is 6.92 Å². The lowest BCUT2D eigenvalue weighted by Gasteiger charge is -2.49. The lowest BCUT2D eigenvalue weighted by atomic mass is 10.1. The van der Waals surface area contributed by atoms with Gasteiger partial charge in [0, 0.05) is 19.6 Å². The molecular weight excluding hydrogens is 260 g/mol. The first-order valence-electron chi connectivity index (χ1n) is 5.47. The van der Waals surface area contributed by atoms with Gasteiger partial charge in [-0.2, -0.15) is 0 Å². The molecule has 0 spiro atoms. The second-order valence-electron chi connectivity index (χ2n) is 4.32. The molecule has 5 heteroatoms. The Morgan fingerprint density at radius 2 is 1.80 bits per heavy atom. The van der Waals surface area contributed by atoms with E-state index in [1.54, 1.807) is 0 Å². The zero-order valence-corrected chi connectivity index (χ0v) is 10.8. The highest BCUT2D eigenvalue weighted by Crippen LogP contribution is 2.19. The second kappa shape index (κ2) is 5.27. The smallest absolute Gasteiger partial charge is 0.361 e. The molecule has 3 heterocycles. The number of hydrogen-bond donors (Lipinski definition) is 0. The van der Waals surface area contributed by atoms with Crippen molar-refractivity contribution < 1.29 is 31.0 Å². The molecule has 0 aromatic carbocycles. The van der Waals surface area contributed by atoms with Crippen LogP contribution in [0.4, 0.5) is 0 Å². The van der Waals surface area contributed by atoms with Crippen LogP contribution < -0.4 is 17.0 Å². The molecule has 0 N–H and O–H groups in total. The second-order valence-corrected chi connectivity index (χ2v) is 4.32. The van der Waals surface area contributed by atoms with E-state index in [1.165, 1.54) is 0 Å². The lowest BCUT2D eigenvalue weighted by molar-refractivity contribution is -0.934. The van der Waals surface area contributed by atoms with Crippen molar-refractivity contribution in [3.8, 4) is 0 Å². The molecule has 3 aliphatic heterocycles. The predicted molar refractivity (Wildman–Crippen MR) is 52.8 cm³/mol. The molecule has 0 aliphatic carbocycles. The average molecular weight is 279 g/mol. The van der Waals surface area contributed by atoms with Crippen LogP contribution in [0.2, 0.25) is 0 Å². The normalized spacial score (nSPS) is 33.3. The summed E-state index contributed by atoms with van der Waals surface area (Å²) in [6, 6.07) is 0. The van der Waals surface area contributed by atoms with Crippen molar-refractivity contribution in [3.63, 3.8) is 0 Å². The minimum atomic E-state index is -0.0251. The van der Waals surface area contributed by atoms with Gasteiger partial charge in [-0.25, -0.2) is 4.79 Å². The van der Waals surface area contributed by atoms with Crippen LogP contribution >= 0.6 is 0 Å². The van der Waals surface area contributed by atoms with Crippen LogP contribution in [0.15, 0.2) is 0 Å². The number of nitrogens with zero attached hydrogens (tertiary/aromatic N) is 2. The third-order valence-corrected chi connectivity index (χ3v) is 3.44. The van der Waals surface area contributed by atoms with Crippen LogP contribution in [-0.2, 0) is 9.53 Å². The highest BCUT2D eigenvalue weighted by molar-refractivity contribution is 5.70. The van der Waals surface area contributed by atoms with Crippen LogP contribution in [0.3, 0.4) is 0 Å². The molecule has 15 heavy (non-hydrogen) atoms. The summed E-state index contributed by atoms with van der Waals surface area (Å²) in [4.78, 5) is 13.9. The number of quaternary nitrogens is 1. The third-order valence-electron chi connectivity index (χ3n) is 3.44. The van der Waals surface area contributed by atoms with E-state index in [1.807, 2.05) is 6.92 Å². The molecule has 0 aromatic heterocycles. The molecule has 88 valence electrons. The molecular formula is C10H19BrN2O2. The van der Waals surface area contributed by atoms with Gasteiger partial charge in [0.2, 0.25) is 0 Å². The van der Waals surface area contributed by atoms with E-state index in [-0.39, 0.29) is 23.0 Å². The summed E-state index contributed by atoms with van der Waals surface area (Å²) in [5.41, 5.74) is 0. The highest BCUT2D eigenvalue weighted by Gasteiger charge is 2.40. The van der Waals surface area contributed by atoms with Crippen molar-refractivity contribution in [2.45, 2.75) is 6.92 Å². The summed E-state index contributed by atoms with van der Waals surface area (Å²) in [5.74, 6) is -0.0251. The Kier molecular flexibility index (Phi) is 4.55. The number of ether oxygens (including phenoxy) is 1. The number of halogens is 1. The van der Waals surface area contributed by atoms with Crippen molar-refractivity contribution in [2.24, 2.45) is 0 Å². The minimum absolute atomic E-state index is 0. The van der Waals surface area contributed by atoms with Gasteiger partial charge in [0.05, 0.1) is 26.2 Å². The minimum Gasteiger partial charge on any atom is -1.00 e. The number of carbonyl (C=O) groups excluding carboxylic acids is 1. The average Bonchev–Trinajstić information content (AvgIpc) is 2.20. The highest BCUT2D eigenvalue weighted by atomic mass is 79.9.